The molecule has 0 N–H and O–H groups in total. The molecule has 2 amide bonds. The quantitative estimate of drug-likeness (QED) is 0.733. The van der Waals surface area contributed by atoms with E-state index in [1.807, 2.05) is 30.3 Å². The average Bonchev–Trinajstić information content (AvgIpc) is 3.03. The van der Waals surface area contributed by atoms with Crippen LogP contribution < -0.4 is 4.90 Å². The molecule has 1 aliphatic heterocycles. The number of hydrogen-bond acceptors (Lipinski definition) is 2. The van der Waals surface area contributed by atoms with Gasteiger partial charge in [0.1, 0.15) is 0 Å². The van der Waals surface area contributed by atoms with Gasteiger partial charge in [-0.1, -0.05) is 18.2 Å². The van der Waals surface area contributed by atoms with Crippen molar-refractivity contribution in [2.75, 3.05) is 4.90 Å². The third-order valence-corrected chi connectivity index (χ3v) is 6.29. The van der Waals surface area contributed by atoms with E-state index in [0.29, 0.717) is 11.8 Å². The lowest BCUT2D eigenvalue weighted by Crippen LogP contribution is -2.51. The predicted molar refractivity (Wildman–Crippen MR) is 73.7 cm³/mol. The summed E-state index contributed by atoms with van der Waals surface area (Å²) in [6.45, 7) is 0. The van der Waals surface area contributed by atoms with Crippen molar-refractivity contribution in [3.8, 4) is 0 Å². The van der Waals surface area contributed by atoms with Crippen LogP contribution >= 0.6 is 0 Å². The van der Waals surface area contributed by atoms with Crippen molar-refractivity contribution in [2.45, 2.75) is 19.3 Å². The number of hydrogen-bond donors (Lipinski definition) is 0. The molecule has 5 rings (SSSR count). The van der Waals surface area contributed by atoms with Crippen LogP contribution in [0.4, 0.5) is 5.69 Å². The Kier molecular flexibility index (Phi) is 1.94. The Labute approximate surface area is 118 Å². The third kappa shape index (κ3) is 1.10. The Morgan fingerprint density at radius 2 is 1.40 bits per heavy atom. The van der Waals surface area contributed by atoms with Crippen LogP contribution in [0.2, 0.25) is 0 Å². The number of rotatable bonds is 1. The van der Waals surface area contributed by atoms with E-state index >= 15 is 0 Å². The molecule has 1 aromatic carbocycles. The fourth-order valence-corrected chi connectivity index (χ4v) is 5.65. The first-order valence-corrected chi connectivity index (χ1v) is 7.70. The summed E-state index contributed by atoms with van der Waals surface area (Å²) in [7, 11) is 0. The van der Waals surface area contributed by atoms with E-state index in [1.54, 1.807) is 0 Å². The van der Waals surface area contributed by atoms with Gasteiger partial charge in [-0.15, -0.1) is 0 Å². The minimum absolute atomic E-state index is 0.00278. The van der Waals surface area contributed by atoms with E-state index in [9.17, 15) is 9.59 Å². The zero-order valence-electron chi connectivity index (χ0n) is 11.2. The minimum atomic E-state index is 0.00278. The summed E-state index contributed by atoms with van der Waals surface area (Å²) in [4.78, 5) is 26.9. The molecule has 2 unspecified atom stereocenters. The van der Waals surface area contributed by atoms with Gasteiger partial charge in [-0.25, -0.2) is 0 Å². The molecule has 6 atom stereocenters. The van der Waals surface area contributed by atoms with Gasteiger partial charge in [-0.3, -0.25) is 14.5 Å². The highest BCUT2D eigenvalue weighted by atomic mass is 16.2. The summed E-state index contributed by atoms with van der Waals surface area (Å²) in [5.41, 5.74) is 0.752. The van der Waals surface area contributed by atoms with Crippen LogP contribution in [0.5, 0.6) is 0 Å². The van der Waals surface area contributed by atoms with Crippen LogP contribution in [-0.2, 0) is 9.59 Å². The van der Waals surface area contributed by atoms with E-state index in [-0.39, 0.29) is 23.7 Å². The molecule has 1 heterocycles. The zero-order chi connectivity index (χ0) is 13.4. The molecule has 2 bridgehead atoms. The van der Waals surface area contributed by atoms with Crippen molar-refractivity contribution in [1.82, 2.24) is 0 Å². The van der Waals surface area contributed by atoms with Crippen LogP contribution in [-0.4, -0.2) is 11.8 Å². The first-order valence-electron chi connectivity index (χ1n) is 7.70. The van der Waals surface area contributed by atoms with E-state index in [2.05, 4.69) is 0 Å². The second-order valence-electron chi connectivity index (χ2n) is 6.89. The number of anilines is 1. The molecule has 4 fully saturated rings. The summed E-state index contributed by atoms with van der Waals surface area (Å²) in [5.74, 6) is 2.62. The molecule has 1 aromatic rings. The van der Waals surface area contributed by atoms with Gasteiger partial charge in [-0.05, 0) is 55.1 Å². The van der Waals surface area contributed by atoms with Crippen LogP contribution in [0.15, 0.2) is 30.3 Å². The van der Waals surface area contributed by atoms with Crippen molar-refractivity contribution in [1.29, 1.82) is 0 Å². The second kappa shape index (κ2) is 3.51. The Balaban J connectivity index is 1.54. The van der Waals surface area contributed by atoms with Gasteiger partial charge in [0.2, 0.25) is 11.8 Å². The Bertz CT molecular complexity index is 577. The lowest BCUT2D eigenvalue weighted by Gasteiger charge is -2.48. The molecule has 0 radical (unpaired) electrons. The summed E-state index contributed by atoms with van der Waals surface area (Å²) in [5, 5.41) is 0. The van der Waals surface area contributed by atoms with E-state index in [1.165, 1.54) is 24.2 Å². The lowest BCUT2D eigenvalue weighted by molar-refractivity contribution is -0.140. The first kappa shape index (κ1) is 11.1. The second-order valence-corrected chi connectivity index (χ2v) is 6.89. The zero-order valence-corrected chi connectivity index (χ0v) is 11.2. The Morgan fingerprint density at radius 3 is 1.95 bits per heavy atom. The van der Waals surface area contributed by atoms with Gasteiger partial charge in [0.05, 0.1) is 17.5 Å². The molecule has 3 nitrogen and oxygen atoms in total. The maximum Gasteiger partial charge on any atom is 0.237 e. The molecule has 102 valence electrons. The maximum absolute atomic E-state index is 12.7. The summed E-state index contributed by atoms with van der Waals surface area (Å²) >= 11 is 0. The van der Waals surface area contributed by atoms with Crippen LogP contribution in [0, 0.1) is 35.5 Å². The van der Waals surface area contributed by atoms with Gasteiger partial charge in [0.15, 0.2) is 0 Å². The smallest absolute Gasteiger partial charge is 0.237 e. The normalized spacial score (nSPS) is 44.5. The van der Waals surface area contributed by atoms with E-state index < -0.39 is 0 Å². The molecule has 0 spiro atoms. The van der Waals surface area contributed by atoms with Gasteiger partial charge in [0, 0.05) is 0 Å². The number of carbonyl (C=O) groups is 2. The standard InChI is InChI=1S/C17H17NO2/c19-16-14-12-9-6-7-10(8-9)13(12)15(14)17(20)18(16)11-4-2-1-3-5-11/h1-5,9-10,12-15H,6-8H2/t9?,10?,12-,13+,14+,15-. The van der Waals surface area contributed by atoms with Gasteiger partial charge >= 0.3 is 0 Å². The van der Waals surface area contributed by atoms with E-state index in [4.69, 9.17) is 0 Å². The fourth-order valence-electron chi connectivity index (χ4n) is 5.65. The summed E-state index contributed by atoms with van der Waals surface area (Å²) < 4.78 is 0. The molecule has 1 saturated heterocycles. The van der Waals surface area contributed by atoms with Crippen molar-refractivity contribution in [3.63, 3.8) is 0 Å². The number of para-hydroxylation sites is 1. The fraction of sp³-hybridized carbons (Fsp3) is 0.529. The number of benzene rings is 1. The van der Waals surface area contributed by atoms with Crippen molar-refractivity contribution >= 4 is 17.5 Å². The highest BCUT2D eigenvalue weighted by Crippen LogP contribution is 2.68. The van der Waals surface area contributed by atoms with Crippen molar-refractivity contribution in [3.05, 3.63) is 30.3 Å². The first-order chi connectivity index (χ1) is 9.77. The lowest BCUT2D eigenvalue weighted by atomic mass is 9.53. The number of carbonyl (C=O) groups excluding carboxylic acids is 2. The molecule has 3 heteroatoms. The van der Waals surface area contributed by atoms with Gasteiger partial charge < -0.3 is 0 Å². The van der Waals surface area contributed by atoms with Crippen molar-refractivity contribution in [2.24, 2.45) is 35.5 Å². The molecule has 20 heavy (non-hydrogen) atoms. The topological polar surface area (TPSA) is 37.4 Å². The molecule has 4 aliphatic rings. The largest absolute Gasteiger partial charge is 0.274 e. The van der Waals surface area contributed by atoms with Gasteiger partial charge in [0.25, 0.3) is 0 Å². The molecule has 3 aliphatic carbocycles. The van der Waals surface area contributed by atoms with E-state index in [0.717, 1.165) is 17.5 Å². The molecular formula is C17H17NO2. The van der Waals surface area contributed by atoms with Crippen LogP contribution in [0.3, 0.4) is 0 Å². The summed E-state index contributed by atoms with van der Waals surface area (Å²) in [6, 6.07) is 9.43. The Morgan fingerprint density at radius 1 is 0.850 bits per heavy atom. The monoisotopic (exact) mass is 267 g/mol. The Hall–Kier alpha value is -1.64. The highest BCUT2D eigenvalue weighted by Gasteiger charge is 2.71. The SMILES string of the molecule is O=C1[C@@H]2[C@H](C(=O)N1c1ccccc1)[C@H]1C3CCC(C3)[C@@H]21. The molecular weight excluding hydrogens is 250 g/mol. The van der Waals surface area contributed by atoms with Crippen LogP contribution in [0.25, 0.3) is 0 Å². The number of amides is 2. The number of nitrogens with zero attached hydrogens (tertiary/aromatic N) is 1. The minimum Gasteiger partial charge on any atom is -0.274 e. The number of imide groups is 1. The number of fused-ring (bicyclic) bond motifs is 8. The maximum atomic E-state index is 12.7. The molecule has 0 aromatic heterocycles. The molecule has 3 saturated carbocycles. The average molecular weight is 267 g/mol. The van der Waals surface area contributed by atoms with Gasteiger partial charge in [-0.2, -0.15) is 0 Å². The summed E-state index contributed by atoms with van der Waals surface area (Å²) in [6.07, 6.45) is 3.83. The highest BCUT2D eigenvalue weighted by molar-refractivity contribution is 6.23. The third-order valence-electron chi connectivity index (χ3n) is 6.29. The predicted octanol–water partition coefficient (Wildman–Crippen LogP) is 2.47. The van der Waals surface area contributed by atoms with Crippen LogP contribution in [0.1, 0.15) is 19.3 Å². The van der Waals surface area contributed by atoms with Crippen molar-refractivity contribution < 1.29 is 9.59 Å².